The minimum Gasteiger partial charge on any atom is -0.508 e. The number of hydrogen-bond donors (Lipinski definition) is 2. The van der Waals surface area contributed by atoms with Crippen LogP contribution in [0.1, 0.15) is 16.1 Å². The van der Waals surface area contributed by atoms with Gasteiger partial charge in [0.15, 0.2) is 5.69 Å². The number of phenols is 1. The number of carbonyl (C=O) groups excluding carboxylic acids is 1. The molecule has 0 aliphatic heterocycles. The highest BCUT2D eigenvalue weighted by molar-refractivity contribution is 7.18. The molecule has 4 aromatic rings. The number of fused-ring (bicyclic) bond motifs is 1. The van der Waals surface area contributed by atoms with Crippen molar-refractivity contribution in [3.63, 3.8) is 0 Å². The van der Waals surface area contributed by atoms with E-state index in [1.54, 1.807) is 24.3 Å². The van der Waals surface area contributed by atoms with Crippen LogP contribution in [0, 0.1) is 6.92 Å². The number of aromatic amines is 1. The Morgan fingerprint density at radius 3 is 2.69 bits per heavy atom. The van der Waals surface area contributed by atoms with Gasteiger partial charge in [-0.25, -0.2) is 9.78 Å². The van der Waals surface area contributed by atoms with Gasteiger partial charge < -0.3 is 9.84 Å². The molecule has 0 amide bonds. The van der Waals surface area contributed by atoms with Crippen LogP contribution in [0.3, 0.4) is 0 Å². The first-order chi connectivity index (χ1) is 12.6. The molecule has 0 bridgehead atoms. The van der Waals surface area contributed by atoms with E-state index in [9.17, 15) is 9.90 Å². The SMILES string of the molecule is COC(=O)c1nc(-c2n[nH]c3c(C)cccc23)sc1-c1ccc(O)cc1. The van der Waals surface area contributed by atoms with Crippen LogP contribution in [0.5, 0.6) is 5.75 Å². The van der Waals surface area contributed by atoms with Gasteiger partial charge >= 0.3 is 5.97 Å². The number of aromatic hydroxyl groups is 1. The summed E-state index contributed by atoms with van der Waals surface area (Å²) in [5.41, 5.74) is 3.75. The third-order valence-corrected chi connectivity index (χ3v) is 5.26. The fourth-order valence-corrected chi connectivity index (χ4v) is 3.88. The molecule has 0 saturated heterocycles. The lowest BCUT2D eigenvalue weighted by Crippen LogP contribution is -2.03. The number of esters is 1. The number of para-hydroxylation sites is 1. The first kappa shape index (κ1) is 16.3. The number of aryl methyl sites for hydroxylation is 1. The topological polar surface area (TPSA) is 88.1 Å². The van der Waals surface area contributed by atoms with Crippen molar-refractivity contribution in [2.75, 3.05) is 7.11 Å². The van der Waals surface area contributed by atoms with E-state index in [-0.39, 0.29) is 11.4 Å². The third kappa shape index (κ3) is 2.62. The zero-order valence-corrected chi connectivity index (χ0v) is 14.9. The van der Waals surface area contributed by atoms with Crippen molar-refractivity contribution < 1.29 is 14.6 Å². The maximum Gasteiger partial charge on any atom is 0.358 e. The minimum absolute atomic E-state index is 0.159. The molecule has 0 spiro atoms. The largest absolute Gasteiger partial charge is 0.508 e. The minimum atomic E-state index is -0.508. The van der Waals surface area contributed by atoms with Crippen LogP contribution in [0.4, 0.5) is 0 Å². The highest BCUT2D eigenvalue weighted by atomic mass is 32.1. The van der Waals surface area contributed by atoms with Crippen LogP contribution in [0.2, 0.25) is 0 Å². The zero-order chi connectivity index (χ0) is 18.3. The molecule has 7 heteroatoms. The van der Waals surface area contributed by atoms with Gasteiger partial charge in [-0.05, 0) is 42.3 Å². The molecular formula is C19H15N3O3S. The summed E-state index contributed by atoms with van der Waals surface area (Å²) in [5, 5.41) is 18.5. The average molecular weight is 365 g/mol. The molecule has 0 aliphatic carbocycles. The average Bonchev–Trinajstić information content (AvgIpc) is 3.26. The van der Waals surface area contributed by atoms with Gasteiger partial charge in [0.05, 0.1) is 17.5 Å². The van der Waals surface area contributed by atoms with Crippen molar-refractivity contribution in [3.8, 4) is 26.9 Å². The highest BCUT2D eigenvalue weighted by Crippen LogP contribution is 2.38. The molecule has 2 heterocycles. The van der Waals surface area contributed by atoms with Crippen molar-refractivity contribution in [1.29, 1.82) is 0 Å². The first-order valence-corrected chi connectivity index (χ1v) is 8.72. The molecule has 0 saturated carbocycles. The summed E-state index contributed by atoms with van der Waals surface area (Å²) in [6.45, 7) is 2.01. The first-order valence-electron chi connectivity index (χ1n) is 7.91. The van der Waals surface area contributed by atoms with E-state index in [4.69, 9.17) is 4.74 Å². The summed E-state index contributed by atoms with van der Waals surface area (Å²) in [5.74, 6) is -0.349. The zero-order valence-electron chi connectivity index (χ0n) is 14.1. The number of methoxy groups -OCH3 is 1. The number of ether oxygens (including phenoxy) is 1. The molecule has 0 atom stereocenters. The second kappa shape index (κ2) is 6.27. The Bertz CT molecular complexity index is 1110. The van der Waals surface area contributed by atoms with Crippen LogP contribution < -0.4 is 0 Å². The normalized spacial score (nSPS) is 11.0. The van der Waals surface area contributed by atoms with E-state index in [1.807, 2.05) is 25.1 Å². The summed E-state index contributed by atoms with van der Waals surface area (Å²) in [4.78, 5) is 17.4. The van der Waals surface area contributed by atoms with Crippen LogP contribution in [0.25, 0.3) is 32.0 Å². The Morgan fingerprint density at radius 1 is 1.19 bits per heavy atom. The van der Waals surface area contributed by atoms with Crippen molar-refractivity contribution >= 4 is 28.2 Å². The smallest absolute Gasteiger partial charge is 0.358 e. The molecule has 0 aliphatic rings. The third-order valence-electron chi connectivity index (χ3n) is 4.15. The van der Waals surface area contributed by atoms with Gasteiger partial charge in [-0.3, -0.25) is 5.10 Å². The lowest BCUT2D eigenvalue weighted by molar-refractivity contribution is 0.0596. The fraction of sp³-hybridized carbons (Fsp3) is 0.105. The van der Waals surface area contributed by atoms with E-state index >= 15 is 0 Å². The molecular weight excluding hydrogens is 350 g/mol. The monoisotopic (exact) mass is 365 g/mol. The maximum absolute atomic E-state index is 12.2. The van der Waals surface area contributed by atoms with Crippen molar-refractivity contribution in [1.82, 2.24) is 15.2 Å². The van der Waals surface area contributed by atoms with Crippen LogP contribution >= 0.6 is 11.3 Å². The standard InChI is InChI=1S/C19H15N3O3S/c1-10-4-3-5-13-14(10)21-22-15(13)18-20-16(19(24)25-2)17(26-18)11-6-8-12(23)9-7-11/h3-9,23H,1-2H3,(H,21,22). The Balaban J connectivity index is 1.91. The number of hydrogen-bond acceptors (Lipinski definition) is 6. The van der Waals surface area contributed by atoms with Gasteiger partial charge in [0, 0.05) is 5.39 Å². The van der Waals surface area contributed by atoms with Crippen LogP contribution in [0.15, 0.2) is 42.5 Å². The second-order valence-corrected chi connectivity index (χ2v) is 6.80. The molecule has 130 valence electrons. The van der Waals surface area contributed by atoms with Crippen LogP contribution in [-0.4, -0.2) is 33.4 Å². The number of nitrogens with zero attached hydrogens (tertiary/aromatic N) is 2. The number of carbonyl (C=O) groups is 1. The van der Waals surface area contributed by atoms with E-state index in [0.29, 0.717) is 15.6 Å². The number of thiazole rings is 1. The van der Waals surface area contributed by atoms with Crippen molar-refractivity contribution in [3.05, 3.63) is 53.7 Å². The van der Waals surface area contributed by atoms with Gasteiger partial charge in [-0.15, -0.1) is 11.3 Å². The van der Waals surface area contributed by atoms with E-state index in [1.165, 1.54) is 18.4 Å². The summed E-state index contributed by atoms with van der Waals surface area (Å²) in [6, 6.07) is 12.6. The predicted octanol–water partition coefficient (Wildman–Crippen LogP) is 4.15. The number of phenolic OH excluding ortho intramolecular Hbond substituents is 1. The number of nitrogens with one attached hydrogen (secondary N) is 1. The van der Waals surface area contributed by atoms with E-state index < -0.39 is 5.97 Å². The quantitative estimate of drug-likeness (QED) is 0.532. The maximum atomic E-state index is 12.2. The molecule has 0 unspecified atom stereocenters. The van der Waals surface area contributed by atoms with Crippen LogP contribution in [-0.2, 0) is 4.74 Å². The number of H-pyrrole nitrogens is 1. The van der Waals surface area contributed by atoms with Gasteiger partial charge in [-0.1, -0.05) is 18.2 Å². The molecule has 0 fully saturated rings. The van der Waals surface area contributed by atoms with Crippen molar-refractivity contribution in [2.45, 2.75) is 6.92 Å². The molecule has 4 rings (SSSR count). The highest BCUT2D eigenvalue weighted by Gasteiger charge is 2.23. The lowest BCUT2D eigenvalue weighted by Gasteiger charge is -2.00. The summed E-state index contributed by atoms with van der Waals surface area (Å²) < 4.78 is 4.89. The van der Waals surface area contributed by atoms with Gasteiger partial charge in [0.1, 0.15) is 16.5 Å². The summed E-state index contributed by atoms with van der Waals surface area (Å²) >= 11 is 1.36. The summed E-state index contributed by atoms with van der Waals surface area (Å²) in [6.07, 6.45) is 0. The lowest BCUT2D eigenvalue weighted by atomic mass is 10.1. The van der Waals surface area contributed by atoms with Gasteiger partial charge in [0.25, 0.3) is 0 Å². The van der Waals surface area contributed by atoms with E-state index in [2.05, 4.69) is 15.2 Å². The van der Waals surface area contributed by atoms with Gasteiger partial charge in [-0.2, -0.15) is 5.10 Å². The Morgan fingerprint density at radius 2 is 1.96 bits per heavy atom. The number of rotatable bonds is 3. The molecule has 2 aromatic heterocycles. The van der Waals surface area contributed by atoms with Gasteiger partial charge in [0.2, 0.25) is 0 Å². The molecule has 0 radical (unpaired) electrons. The molecule has 2 aromatic carbocycles. The Labute approximate surface area is 153 Å². The Kier molecular flexibility index (Phi) is 3.93. The fourth-order valence-electron chi connectivity index (χ4n) is 2.81. The summed E-state index contributed by atoms with van der Waals surface area (Å²) in [7, 11) is 1.33. The molecule has 26 heavy (non-hydrogen) atoms. The number of benzene rings is 2. The van der Waals surface area contributed by atoms with Crippen molar-refractivity contribution in [2.24, 2.45) is 0 Å². The number of aromatic nitrogens is 3. The molecule has 6 nitrogen and oxygen atoms in total. The molecule has 2 N–H and O–H groups in total. The van der Waals surface area contributed by atoms with E-state index in [0.717, 1.165) is 22.0 Å². The Hall–Kier alpha value is -3.19. The predicted molar refractivity (Wildman–Crippen MR) is 100 cm³/mol. The second-order valence-electron chi connectivity index (χ2n) is 5.80.